The normalized spacial score (nSPS) is 11.1. The molecule has 10 heteroatoms. The number of H-pyrrole nitrogens is 2. The van der Waals surface area contributed by atoms with Crippen molar-refractivity contribution in [3.8, 4) is 0 Å². The van der Waals surface area contributed by atoms with Gasteiger partial charge >= 0.3 is 5.97 Å². The van der Waals surface area contributed by atoms with Crippen LogP contribution in [0.25, 0.3) is 16.8 Å². The van der Waals surface area contributed by atoms with Crippen LogP contribution in [0.15, 0.2) is 35.3 Å². The number of carbonyl (C=O) groups is 1. The maximum Gasteiger partial charge on any atom is 0.338 e. The van der Waals surface area contributed by atoms with Crippen molar-refractivity contribution >= 4 is 34.4 Å². The van der Waals surface area contributed by atoms with Crippen molar-refractivity contribution in [2.75, 3.05) is 11.9 Å². The second kappa shape index (κ2) is 5.74. The third-order valence-corrected chi connectivity index (χ3v) is 3.61. The van der Waals surface area contributed by atoms with E-state index in [9.17, 15) is 9.59 Å². The lowest BCUT2D eigenvalue weighted by atomic mass is 10.2. The van der Waals surface area contributed by atoms with Gasteiger partial charge in [-0.25, -0.2) is 14.3 Å². The van der Waals surface area contributed by atoms with Gasteiger partial charge in [-0.15, -0.1) is 5.10 Å². The van der Waals surface area contributed by atoms with Crippen LogP contribution < -0.4 is 10.9 Å². The number of ether oxygens (including phenoxy) is 1. The molecule has 0 amide bonds. The van der Waals surface area contributed by atoms with Gasteiger partial charge in [0.15, 0.2) is 5.65 Å². The molecule has 0 bridgehead atoms. The van der Waals surface area contributed by atoms with Crippen LogP contribution in [0.3, 0.4) is 0 Å². The minimum atomic E-state index is -0.387. The standard InChI is InChI=1S/C15H13N7O3/c1-2-25-13(24)8-3-5-9(6-4-8)17-14-20-21-15-18-11-10(7-16-19-11)12(23)22(14)15/h3-7H,2H2,1H3,(H,17,20)(H2,16,18,19,21). The second-order valence-corrected chi connectivity index (χ2v) is 5.18. The first kappa shape index (κ1) is 14.9. The molecule has 3 heterocycles. The lowest BCUT2D eigenvalue weighted by Gasteiger charge is -2.05. The molecule has 0 atom stereocenters. The molecule has 126 valence electrons. The number of fused-ring (bicyclic) bond motifs is 2. The molecule has 0 radical (unpaired) electrons. The van der Waals surface area contributed by atoms with E-state index in [0.717, 1.165) is 0 Å². The molecule has 1 aromatic carbocycles. The summed E-state index contributed by atoms with van der Waals surface area (Å²) in [6, 6.07) is 6.65. The van der Waals surface area contributed by atoms with E-state index in [0.29, 0.717) is 28.9 Å². The van der Waals surface area contributed by atoms with E-state index in [-0.39, 0.29) is 23.3 Å². The second-order valence-electron chi connectivity index (χ2n) is 5.18. The first-order valence-corrected chi connectivity index (χ1v) is 7.52. The number of aromatic amines is 2. The first-order valence-electron chi connectivity index (χ1n) is 7.52. The van der Waals surface area contributed by atoms with Gasteiger partial charge in [0.1, 0.15) is 5.39 Å². The molecular weight excluding hydrogens is 326 g/mol. The summed E-state index contributed by atoms with van der Waals surface area (Å²) in [7, 11) is 0. The number of hydrogen-bond donors (Lipinski definition) is 3. The number of esters is 1. The Labute approximate surface area is 139 Å². The zero-order chi connectivity index (χ0) is 17.4. The molecular formula is C15H13N7O3. The predicted molar refractivity (Wildman–Crippen MR) is 88.9 cm³/mol. The van der Waals surface area contributed by atoms with E-state index >= 15 is 0 Å². The molecule has 0 spiro atoms. The van der Waals surface area contributed by atoms with Crippen LogP contribution >= 0.6 is 0 Å². The van der Waals surface area contributed by atoms with Crippen molar-refractivity contribution in [1.82, 2.24) is 29.8 Å². The summed E-state index contributed by atoms with van der Waals surface area (Å²) in [4.78, 5) is 28.5. The Bertz CT molecular complexity index is 1120. The first-order chi connectivity index (χ1) is 12.2. The molecule has 0 saturated heterocycles. The monoisotopic (exact) mass is 339 g/mol. The number of nitrogens with one attached hydrogen (secondary N) is 3. The van der Waals surface area contributed by atoms with E-state index in [1.165, 1.54) is 10.6 Å². The van der Waals surface area contributed by atoms with Gasteiger partial charge in [-0.2, -0.15) is 10.1 Å². The fourth-order valence-electron chi connectivity index (χ4n) is 2.44. The Morgan fingerprint density at radius 3 is 2.84 bits per heavy atom. The van der Waals surface area contributed by atoms with Gasteiger partial charge < -0.3 is 10.1 Å². The van der Waals surface area contributed by atoms with Crippen LogP contribution in [0, 0.1) is 0 Å². The van der Waals surface area contributed by atoms with Crippen LogP contribution in [0.5, 0.6) is 0 Å². The number of nitrogens with zero attached hydrogens (tertiary/aromatic N) is 4. The lowest BCUT2D eigenvalue weighted by Crippen LogP contribution is -2.15. The van der Waals surface area contributed by atoms with E-state index in [2.05, 4.69) is 30.7 Å². The maximum absolute atomic E-state index is 12.5. The van der Waals surface area contributed by atoms with Crippen molar-refractivity contribution in [1.29, 1.82) is 0 Å². The van der Waals surface area contributed by atoms with Crippen molar-refractivity contribution in [2.45, 2.75) is 6.92 Å². The van der Waals surface area contributed by atoms with Crippen LogP contribution in [-0.2, 0) is 4.74 Å². The van der Waals surface area contributed by atoms with Gasteiger partial charge in [0.25, 0.3) is 5.56 Å². The topological polar surface area (TPSA) is 130 Å². The zero-order valence-electron chi connectivity index (χ0n) is 13.1. The molecule has 0 saturated carbocycles. The summed E-state index contributed by atoms with van der Waals surface area (Å²) in [5.41, 5.74) is 1.19. The highest BCUT2D eigenvalue weighted by Gasteiger charge is 2.13. The van der Waals surface area contributed by atoms with Crippen molar-refractivity contribution in [2.24, 2.45) is 0 Å². The molecule has 0 aliphatic rings. The third-order valence-electron chi connectivity index (χ3n) is 3.61. The van der Waals surface area contributed by atoms with Gasteiger partial charge in [0.2, 0.25) is 11.7 Å². The van der Waals surface area contributed by atoms with E-state index in [4.69, 9.17) is 4.74 Å². The molecule has 3 aromatic heterocycles. The minimum absolute atomic E-state index is 0.277. The largest absolute Gasteiger partial charge is 0.462 e. The number of aromatic nitrogens is 6. The highest BCUT2D eigenvalue weighted by molar-refractivity contribution is 5.89. The van der Waals surface area contributed by atoms with E-state index < -0.39 is 0 Å². The highest BCUT2D eigenvalue weighted by atomic mass is 16.5. The van der Waals surface area contributed by atoms with Gasteiger partial charge in [-0.1, -0.05) is 0 Å². The van der Waals surface area contributed by atoms with Crippen molar-refractivity contribution in [3.05, 3.63) is 46.4 Å². The molecule has 3 N–H and O–H groups in total. The van der Waals surface area contributed by atoms with Crippen LogP contribution in [-0.4, -0.2) is 42.4 Å². The van der Waals surface area contributed by atoms with E-state index in [1.807, 2.05) is 0 Å². The Morgan fingerprint density at radius 1 is 1.28 bits per heavy atom. The lowest BCUT2D eigenvalue weighted by molar-refractivity contribution is 0.0526. The smallest absolute Gasteiger partial charge is 0.338 e. The van der Waals surface area contributed by atoms with Gasteiger partial charge in [-0.05, 0) is 31.2 Å². The van der Waals surface area contributed by atoms with Crippen molar-refractivity contribution < 1.29 is 9.53 Å². The molecule has 10 nitrogen and oxygen atoms in total. The molecule has 0 aliphatic heterocycles. The fraction of sp³-hybridized carbons (Fsp3) is 0.133. The Morgan fingerprint density at radius 2 is 2.08 bits per heavy atom. The summed E-state index contributed by atoms with van der Waals surface area (Å²) in [5.74, 6) is 0.175. The molecule has 4 rings (SSSR count). The summed E-state index contributed by atoms with van der Waals surface area (Å²) in [6.07, 6.45) is 1.42. The summed E-state index contributed by atoms with van der Waals surface area (Å²) >= 11 is 0. The third kappa shape index (κ3) is 2.49. The van der Waals surface area contributed by atoms with Crippen molar-refractivity contribution in [3.63, 3.8) is 0 Å². The van der Waals surface area contributed by atoms with Crippen LogP contribution in [0.4, 0.5) is 11.6 Å². The number of hydrogen-bond acceptors (Lipinski definition) is 7. The summed E-state index contributed by atoms with van der Waals surface area (Å²) in [6.45, 7) is 2.07. The molecule has 25 heavy (non-hydrogen) atoms. The maximum atomic E-state index is 12.5. The Balaban J connectivity index is 1.69. The Hall–Kier alpha value is -3.69. The zero-order valence-corrected chi connectivity index (χ0v) is 13.1. The fourth-order valence-corrected chi connectivity index (χ4v) is 2.44. The molecule has 4 aromatic rings. The predicted octanol–water partition coefficient (Wildman–Crippen LogP) is 1.21. The molecule has 0 aliphatic carbocycles. The van der Waals surface area contributed by atoms with Gasteiger partial charge in [-0.3, -0.25) is 9.89 Å². The SMILES string of the molecule is CCOC(=O)c1ccc(Nc2n[nH]c3nc4[nH]ncc4c(=O)n23)cc1. The van der Waals surface area contributed by atoms with Gasteiger partial charge in [0, 0.05) is 5.69 Å². The molecule has 0 fully saturated rings. The average molecular weight is 339 g/mol. The summed E-state index contributed by atoms with van der Waals surface area (Å²) < 4.78 is 6.26. The van der Waals surface area contributed by atoms with Crippen LogP contribution in [0.2, 0.25) is 0 Å². The number of carbonyl (C=O) groups excluding carboxylic acids is 1. The number of benzene rings is 1. The Kier molecular flexibility index (Phi) is 3.42. The van der Waals surface area contributed by atoms with E-state index in [1.54, 1.807) is 31.2 Å². The average Bonchev–Trinajstić information content (AvgIpc) is 3.24. The summed E-state index contributed by atoms with van der Waals surface area (Å²) in [5, 5.41) is 16.6. The number of anilines is 2. The number of rotatable bonds is 4. The highest BCUT2D eigenvalue weighted by Crippen LogP contribution is 2.16. The quantitative estimate of drug-likeness (QED) is 0.476. The molecule has 0 unspecified atom stereocenters. The van der Waals surface area contributed by atoms with Gasteiger partial charge in [0.05, 0.1) is 18.4 Å². The minimum Gasteiger partial charge on any atom is -0.462 e. The van der Waals surface area contributed by atoms with Crippen LogP contribution in [0.1, 0.15) is 17.3 Å².